The molecule has 1 N–H and O–H groups in total. The molecule has 9 heteroatoms. The number of rotatable bonds is 4. The highest BCUT2D eigenvalue weighted by molar-refractivity contribution is 6.68. The Labute approximate surface area is 236 Å². The van der Waals surface area contributed by atoms with Crippen LogP contribution in [0.1, 0.15) is 111 Å². The van der Waals surface area contributed by atoms with E-state index in [0.29, 0.717) is 22.3 Å². The first-order valence-electron chi connectivity index (χ1n) is 11.4. The maximum absolute atomic E-state index is 11.8. The number of benzene rings is 2. The molecule has 7 nitrogen and oxygen atoms in total. The van der Waals surface area contributed by atoms with Crippen LogP contribution in [0.4, 0.5) is 0 Å². The molecule has 2 aromatic carbocycles. The van der Waals surface area contributed by atoms with Gasteiger partial charge in [-0.3, -0.25) is 9.59 Å². The monoisotopic (exact) mass is 570 g/mol. The zero-order valence-electron chi connectivity index (χ0n) is 22.8. The first-order valence-corrected chi connectivity index (χ1v) is 12.1. The average Bonchev–Trinajstić information content (AvgIpc) is 2.70. The number of hydrogen-bond donors (Lipinski definition) is 1. The van der Waals surface area contributed by atoms with Gasteiger partial charge in [0, 0.05) is 11.1 Å². The van der Waals surface area contributed by atoms with Gasteiger partial charge in [-0.2, -0.15) is 0 Å². The maximum atomic E-state index is 11.8. The van der Waals surface area contributed by atoms with Gasteiger partial charge in [0.25, 0.3) is 10.5 Å². The van der Waals surface area contributed by atoms with Crippen molar-refractivity contribution in [3.05, 3.63) is 70.8 Å². The molecule has 0 radical (unpaired) electrons. The maximum Gasteiger partial charge on any atom is 0.338 e. The van der Waals surface area contributed by atoms with Crippen molar-refractivity contribution in [3.63, 3.8) is 0 Å². The Balaban J connectivity index is 0. The van der Waals surface area contributed by atoms with Crippen LogP contribution in [0.5, 0.6) is 0 Å². The molecule has 212 valence electrons. The molecule has 0 aliphatic heterocycles. The van der Waals surface area contributed by atoms with Crippen LogP contribution >= 0.6 is 23.2 Å². The van der Waals surface area contributed by atoms with Gasteiger partial charge < -0.3 is 14.6 Å². The summed E-state index contributed by atoms with van der Waals surface area (Å²) in [6, 6.07) is 12.0. The predicted octanol–water partition coefficient (Wildman–Crippen LogP) is 7.46. The molecule has 0 bridgehead atoms. The fourth-order valence-corrected chi connectivity index (χ4v) is 2.40. The van der Waals surface area contributed by atoms with E-state index in [0.717, 1.165) is 0 Å². The Hall–Kier alpha value is -2.74. The molecule has 0 unspecified atom stereocenters. The van der Waals surface area contributed by atoms with Crippen molar-refractivity contribution < 1.29 is 33.8 Å². The number of esters is 2. The summed E-state index contributed by atoms with van der Waals surface area (Å²) in [6.07, 6.45) is 0. The van der Waals surface area contributed by atoms with E-state index in [-0.39, 0.29) is 7.43 Å². The molecule has 0 aromatic heterocycles. The topological polar surface area (TPSA) is 107 Å². The third-order valence-corrected chi connectivity index (χ3v) is 3.93. The van der Waals surface area contributed by atoms with E-state index in [9.17, 15) is 19.2 Å². The van der Waals surface area contributed by atoms with Crippen LogP contribution in [-0.4, -0.2) is 44.3 Å². The minimum Gasteiger partial charge on any atom is -0.456 e. The molecule has 0 amide bonds. The van der Waals surface area contributed by atoms with Crippen molar-refractivity contribution in [2.45, 2.75) is 86.5 Å². The third-order valence-electron chi connectivity index (χ3n) is 3.49. The van der Waals surface area contributed by atoms with E-state index in [1.807, 2.05) is 0 Å². The van der Waals surface area contributed by atoms with E-state index < -0.39 is 39.2 Å². The zero-order valence-corrected chi connectivity index (χ0v) is 24.3. The first kappa shape index (κ1) is 37.4. The van der Waals surface area contributed by atoms with Crippen LogP contribution < -0.4 is 0 Å². The largest absolute Gasteiger partial charge is 0.456 e. The Kier molecular flexibility index (Phi) is 15.4. The van der Waals surface area contributed by atoms with E-state index >= 15 is 0 Å². The fourth-order valence-electron chi connectivity index (χ4n) is 2.15. The average molecular weight is 572 g/mol. The van der Waals surface area contributed by atoms with Gasteiger partial charge in [0.15, 0.2) is 0 Å². The van der Waals surface area contributed by atoms with Gasteiger partial charge in [0.2, 0.25) is 0 Å². The minimum atomic E-state index is -0.552. The highest BCUT2D eigenvalue weighted by atomic mass is 35.5. The Morgan fingerprint density at radius 3 is 0.895 bits per heavy atom. The van der Waals surface area contributed by atoms with Crippen LogP contribution in [0, 0.1) is 0 Å². The quantitative estimate of drug-likeness (QED) is 0.300. The summed E-state index contributed by atoms with van der Waals surface area (Å²) in [4.78, 5) is 44.8. The van der Waals surface area contributed by atoms with E-state index in [2.05, 4.69) is 0 Å². The Morgan fingerprint density at radius 2 is 0.737 bits per heavy atom. The molecule has 2 rings (SSSR count). The summed E-state index contributed by atoms with van der Waals surface area (Å²) in [6.45, 7) is 16.1. The molecule has 0 aliphatic carbocycles. The number of carbonyl (C=O) groups is 4. The summed E-state index contributed by atoms with van der Waals surface area (Å²) < 4.78 is 10.5. The standard InChI is InChI=1S/C16H22O4.C8H4Cl2O2.C4H10O.CH4/c1-15(2,3)19-13(17)11-7-9-12(10-8-11)14(18)20-16(4,5)6;9-7(11)5-1-2-6(4-3-5)8(10)12;1-4(2,3)5;/h7-10H,1-6H3;1-4H;5H,1-3H3;1H4. The van der Waals surface area contributed by atoms with Gasteiger partial charge in [-0.25, -0.2) is 9.59 Å². The van der Waals surface area contributed by atoms with Gasteiger partial charge in [0.05, 0.1) is 16.7 Å². The van der Waals surface area contributed by atoms with E-state index in [1.54, 1.807) is 86.6 Å². The second-order valence-electron chi connectivity index (χ2n) is 10.9. The smallest absolute Gasteiger partial charge is 0.338 e. The molecule has 2 aromatic rings. The minimum absolute atomic E-state index is 0. The van der Waals surface area contributed by atoms with Crippen LogP contribution in [-0.2, 0) is 9.47 Å². The summed E-state index contributed by atoms with van der Waals surface area (Å²) in [7, 11) is 0. The lowest BCUT2D eigenvalue weighted by Gasteiger charge is -2.20. The van der Waals surface area contributed by atoms with Crippen molar-refractivity contribution >= 4 is 45.6 Å². The van der Waals surface area contributed by atoms with Crippen LogP contribution in [0.2, 0.25) is 0 Å². The fraction of sp³-hybridized carbons (Fsp3) is 0.448. The lowest BCUT2D eigenvalue weighted by Crippen LogP contribution is -2.24. The summed E-state index contributed by atoms with van der Waals surface area (Å²) in [5.74, 6) is -0.818. The van der Waals surface area contributed by atoms with E-state index in [4.69, 9.17) is 37.8 Å². The van der Waals surface area contributed by atoms with Crippen LogP contribution in [0.25, 0.3) is 0 Å². The van der Waals surface area contributed by atoms with Crippen molar-refractivity contribution in [2.24, 2.45) is 0 Å². The number of hydrogen-bond acceptors (Lipinski definition) is 7. The molecule has 0 aliphatic rings. The third kappa shape index (κ3) is 18.5. The molecular formula is C29H40Cl2O7. The molecule has 0 fully saturated rings. The second-order valence-corrected chi connectivity index (χ2v) is 11.6. The molecule has 0 atom stereocenters. The van der Waals surface area contributed by atoms with Crippen molar-refractivity contribution in [1.29, 1.82) is 0 Å². The summed E-state index contributed by atoms with van der Waals surface area (Å²) >= 11 is 10.4. The zero-order chi connectivity index (χ0) is 29.2. The molecule has 38 heavy (non-hydrogen) atoms. The van der Waals surface area contributed by atoms with Gasteiger partial charge in [-0.1, -0.05) is 7.43 Å². The van der Waals surface area contributed by atoms with Crippen molar-refractivity contribution in [3.8, 4) is 0 Å². The summed E-state index contributed by atoms with van der Waals surface area (Å²) in [5.41, 5.74) is -0.0712. The number of ether oxygens (including phenoxy) is 2. The molecular weight excluding hydrogens is 531 g/mol. The molecule has 0 saturated heterocycles. The predicted molar refractivity (Wildman–Crippen MR) is 152 cm³/mol. The van der Waals surface area contributed by atoms with Gasteiger partial charge >= 0.3 is 11.9 Å². The molecule has 0 heterocycles. The number of aliphatic hydroxyl groups is 1. The second kappa shape index (κ2) is 15.6. The highest BCUT2D eigenvalue weighted by Gasteiger charge is 2.20. The van der Waals surface area contributed by atoms with Crippen molar-refractivity contribution in [1.82, 2.24) is 0 Å². The van der Waals surface area contributed by atoms with Crippen LogP contribution in [0.3, 0.4) is 0 Å². The lowest BCUT2D eigenvalue weighted by molar-refractivity contribution is 0.00518. The molecule has 0 spiro atoms. The van der Waals surface area contributed by atoms with Crippen molar-refractivity contribution in [2.75, 3.05) is 0 Å². The SMILES string of the molecule is C.CC(C)(C)O.CC(C)(C)OC(=O)c1ccc(C(=O)OC(C)(C)C)cc1.O=C(Cl)c1ccc(C(=O)Cl)cc1. The summed E-state index contributed by atoms with van der Waals surface area (Å²) in [5, 5.41) is 7.42. The normalized spacial score (nSPS) is 10.8. The van der Waals surface area contributed by atoms with Gasteiger partial charge in [-0.05, 0) is 134 Å². The Bertz CT molecular complexity index is 969. The van der Waals surface area contributed by atoms with Gasteiger partial charge in [-0.15, -0.1) is 0 Å². The Morgan fingerprint density at radius 1 is 0.553 bits per heavy atom. The van der Waals surface area contributed by atoms with Gasteiger partial charge in [0.1, 0.15) is 11.2 Å². The number of carbonyl (C=O) groups excluding carboxylic acids is 4. The lowest BCUT2D eigenvalue weighted by atomic mass is 10.1. The molecule has 0 saturated carbocycles. The van der Waals surface area contributed by atoms with Crippen LogP contribution in [0.15, 0.2) is 48.5 Å². The van der Waals surface area contributed by atoms with E-state index in [1.165, 1.54) is 24.3 Å². The number of halogens is 2. The first-order chi connectivity index (χ1) is 16.6. The highest BCUT2D eigenvalue weighted by Crippen LogP contribution is 2.15.